The van der Waals surface area contributed by atoms with Crippen molar-refractivity contribution in [2.24, 2.45) is 0 Å². The van der Waals surface area contributed by atoms with Crippen molar-refractivity contribution in [2.75, 3.05) is 17.9 Å². The Kier molecular flexibility index (Phi) is 5.54. The van der Waals surface area contributed by atoms with Gasteiger partial charge in [-0.05, 0) is 40.4 Å². The third kappa shape index (κ3) is 3.44. The van der Waals surface area contributed by atoms with Gasteiger partial charge in [-0.3, -0.25) is 0 Å². The standard InChI is InChI=1S/C13H15BrClFN2S/c1-19-6-2-5-18-12-7-9(14)10(16)8-11(12)17-13(18)3-4-15/h7-8H,2-6H2,1H3. The number of hydrogen-bond donors (Lipinski definition) is 0. The molecule has 0 aliphatic carbocycles. The molecule has 0 saturated heterocycles. The molecule has 1 aromatic carbocycles. The van der Waals surface area contributed by atoms with E-state index in [0.29, 0.717) is 22.3 Å². The molecule has 19 heavy (non-hydrogen) atoms. The summed E-state index contributed by atoms with van der Waals surface area (Å²) < 4.78 is 16.2. The summed E-state index contributed by atoms with van der Waals surface area (Å²) in [6, 6.07) is 3.27. The average Bonchev–Trinajstić information content (AvgIpc) is 2.69. The van der Waals surface area contributed by atoms with Crippen LogP contribution in [0.15, 0.2) is 16.6 Å². The van der Waals surface area contributed by atoms with Crippen molar-refractivity contribution in [2.45, 2.75) is 19.4 Å². The van der Waals surface area contributed by atoms with Gasteiger partial charge < -0.3 is 4.57 Å². The van der Waals surface area contributed by atoms with Gasteiger partial charge in [0.15, 0.2) is 0 Å². The molecule has 104 valence electrons. The van der Waals surface area contributed by atoms with Crippen molar-refractivity contribution in [1.82, 2.24) is 9.55 Å². The molecule has 0 N–H and O–H groups in total. The summed E-state index contributed by atoms with van der Waals surface area (Å²) in [5.41, 5.74) is 1.67. The van der Waals surface area contributed by atoms with Crippen molar-refractivity contribution in [3.63, 3.8) is 0 Å². The highest BCUT2D eigenvalue weighted by molar-refractivity contribution is 9.10. The lowest BCUT2D eigenvalue weighted by Crippen LogP contribution is -2.05. The van der Waals surface area contributed by atoms with E-state index in [4.69, 9.17) is 11.6 Å². The summed E-state index contributed by atoms with van der Waals surface area (Å²) in [4.78, 5) is 4.49. The van der Waals surface area contributed by atoms with Gasteiger partial charge in [-0.1, -0.05) is 0 Å². The second kappa shape index (κ2) is 6.95. The minimum Gasteiger partial charge on any atom is -0.328 e. The zero-order valence-corrected chi connectivity index (χ0v) is 13.8. The molecule has 0 unspecified atom stereocenters. The van der Waals surface area contributed by atoms with E-state index in [1.165, 1.54) is 6.07 Å². The molecule has 0 bridgehead atoms. The number of aryl methyl sites for hydroxylation is 2. The first-order valence-electron chi connectivity index (χ1n) is 6.06. The molecule has 1 heterocycles. The number of thioether (sulfide) groups is 1. The summed E-state index contributed by atoms with van der Waals surface area (Å²) >= 11 is 10.9. The molecule has 0 aliphatic heterocycles. The maximum atomic E-state index is 13.6. The second-order valence-electron chi connectivity index (χ2n) is 4.22. The molecule has 0 atom stereocenters. The highest BCUT2D eigenvalue weighted by Crippen LogP contribution is 2.25. The smallest absolute Gasteiger partial charge is 0.139 e. The first kappa shape index (κ1) is 15.1. The largest absolute Gasteiger partial charge is 0.328 e. The summed E-state index contributed by atoms with van der Waals surface area (Å²) in [5, 5.41) is 0. The highest BCUT2D eigenvalue weighted by Gasteiger charge is 2.12. The molecule has 2 rings (SSSR count). The van der Waals surface area contributed by atoms with E-state index in [1.807, 2.05) is 11.8 Å². The van der Waals surface area contributed by atoms with Gasteiger partial charge in [-0.15, -0.1) is 11.6 Å². The van der Waals surface area contributed by atoms with Crippen LogP contribution in [0.2, 0.25) is 0 Å². The summed E-state index contributed by atoms with van der Waals surface area (Å²) in [5.74, 6) is 2.28. The summed E-state index contributed by atoms with van der Waals surface area (Å²) in [6.07, 6.45) is 3.86. The predicted molar refractivity (Wildman–Crippen MR) is 84.8 cm³/mol. The number of nitrogens with zero attached hydrogens (tertiary/aromatic N) is 2. The predicted octanol–water partition coefficient (Wildman–Crippen LogP) is 4.47. The molecule has 6 heteroatoms. The maximum absolute atomic E-state index is 13.6. The minimum atomic E-state index is -0.279. The van der Waals surface area contributed by atoms with E-state index >= 15 is 0 Å². The molecule has 0 aliphatic rings. The van der Waals surface area contributed by atoms with Crippen LogP contribution < -0.4 is 0 Å². The van der Waals surface area contributed by atoms with E-state index in [2.05, 4.69) is 31.7 Å². The van der Waals surface area contributed by atoms with Crippen molar-refractivity contribution in [3.8, 4) is 0 Å². The molecule has 0 saturated carbocycles. The van der Waals surface area contributed by atoms with Crippen LogP contribution in [-0.2, 0) is 13.0 Å². The minimum absolute atomic E-state index is 0.279. The molecule has 0 spiro atoms. The number of fused-ring (bicyclic) bond motifs is 1. The highest BCUT2D eigenvalue weighted by atomic mass is 79.9. The third-order valence-electron chi connectivity index (χ3n) is 2.92. The van der Waals surface area contributed by atoms with Gasteiger partial charge in [-0.2, -0.15) is 11.8 Å². The van der Waals surface area contributed by atoms with Crippen molar-refractivity contribution in [1.29, 1.82) is 0 Å². The lowest BCUT2D eigenvalue weighted by molar-refractivity contribution is 0.622. The molecule has 0 radical (unpaired) electrons. The number of hydrogen-bond acceptors (Lipinski definition) is 2. The molecule has 1 aromatic heterocycles. The van der Waals surface area contributed by atoms with Gasteiger partial charge in [0, 0.05) is 24.9 Å². The van der Waals surface area contributed by atoms with Crippen molar-refractivity contribution < 1.29 is 4.39 Å². The van der Waals surface area contributed by atoms with Crippen LogP contribution in [0.3, 0.4) is 0 Å². The SMILES string of the molecule is CSCCCn1c(CCCl)nc2cc(F)c(Br)cc21. The lowest BCUT2D eigenvalue weighted by Gasteiger charge is -2.08. The summed E-state index contributed by atoms with van der Waals surface area (Å²) in [7, 11) is 0. The van der Waals surface area contributed by atoms with Gasteiger partial charge in [0.25, 0.3) is 0 Å². The van der Waals surface area contributed by atoms with Gasteiger partial charge in [0.2, 0.25) is 0 Å². The van der Waals surface area contributed by atoms with Crippen LogP contribution in [0.4, 0.5) is 4.39 Å². The number of rotatable bonds is 6. The van der Waals surface area contributed by atoms with Crippen LogP contribution in [0.25, 0.3) is 11.0 Å². The number of aromatic nitrogens is 2. The third-order valence-corrected chi connectivity index (χ3v) is 4.41. The lowest BCUT2D eigenvalue weighted by atomic mass is 10.3. The molecule has 2 aromatic rings. The summed E-state index contributed by atoms with van der Waals surface area (Å²) in [6.45, 7) is 0.891. The zero-order chi connectivity index (χ0) is 13.8. The van der Waals surface area contributed by atoms with Crippen LogP contribution in [-0.4, -0.2) is 27.4 Å². The molecule has 0 amide bonds. The maximum Gasteiger partial charge on any atom is 0.139 e. The van der Waals surface area contributed by atoms with Crippen LogP contribution >= 0.6 is 39.3 Å². The van der Waals surface area contributed by atoms with E-state index in [1.54, 1.807) is 6.07 Å². The fraction of sp³-hybridized carbons (Fsp3) is 0.462. The fourth-order valence-electron chi connectivity index (χ4n) is 2.06. The van der Waals surface area contributed by atoms with Crippen molar-refractivity contribution >= 4 is 50.3 Å². The van der Waals surface area contributed by atoms with Gasteiger partial charge in [0.05, 0.1) is 15.5 Å². The Bertz CT molecular complexity index is 573. The Hall–Kier alpha value is -0.260. The van der Waals surface area contributed by atoms with Gasteiger partial charge in [0.1, 0.15) is 11.6 Å². The first-order chi connectivity index (χ1) is 9.17. The number of imidazole rings is 1. The second-order valence-corrected chi connectivity index (χ2v) is 6.44. The quantitative estimate of drug-likeness (QED) is 0.555. The van der Waals surface area contributed by atoms with Crippen LogP contribution in [0.5, 0.6) is 0 Å². The zero-order valence-electron chi connectivity index (χ0n) is 10.6. The number of benzene rings is 1. The van der Waals surface area contributed by atoms with E-state index < -0.39 is 0 Å². The van der Waals surface area contributed by atoms with Crippen molar-refractivity contribution in [3.05, 3.63) is 28.2 Å². The fourth-order valence-corrected chi connectivity index (χ4v) is 2.98. The molecule has 0 fully saturated rings. The topological polar surface area (TPSA) is 17.8 Å². The number of halogens is 3. The van der Waals surface area contributed by atoms with Gasteiger partial charge in [-0.25, -0.2) is 9.37 Å². The first-order valence-corrected chi connectivity index (χ1v) is 8.78. The Morgan fingerprint density at radius 3 is 2.95 bits per heavy atom. The molecular formula is C13H15BrClFN2S. The molecular weight excluding hydrogens is 351 g/mol. The Labute approximate surface area is 129 Å². The monoisotopic (exact) mass is 364 g/mol. The Balaban J connectivity index is 2.43. The normalized spacial score (nSPS) is 11.4. The van der Waals surface area contributed by atoms with E-state index in [0.717, 1.165) is 30.1 Å². The van der Waals surface area contributed by atoms with E-state index in [9.17, 15) is 4.39 Å². The van der Waals surface area contributed by atoms with Gasteiger partial charge >= 0.3 is 0 Å². The average molecular weight is 366 g/mol. The van der Waals surface area contributed by atoms with E-state index in [-0.39, 0.29) is 5.82 Å². The Morgan fingerprint density at radius 1 is 1.47 bits per heavy atom. The molecule has 2 nitrogen and oxygen atoms in total. The van der Waals surface area contributed by atoms with Crippen LogP contribution in [0, 0.1) is 5.82 Å². The number of alkyl halides is 1. The van der Waals surface area contributed by atoms with Crippen LogP contribution in [0.1, 0.15) is 12.2 Å². The Morgan fingerprint density at radius 2 is 2.26 bits per heavy atom.